The maximum absolute atomic E-state index is 10.1. The van der Waals surface area contributed by atoms with E-state index in [-0.39, 0.29) is 0 Å². The van der Waals surface area contributed by atoms with Crippen LogP contribution in [0.2, 0.25) is 0 Å². The first-order valence-corrected chi connectivity index (χ1v) is 19.5. The first kappa shape index (κ1) is 31.5. The number of rotatable bonds is 4. The quantitative estimate of drug-likeness (QED) is 0.167. The Labute approximate surface area is 322 Å². The highest BCUT2D eigenvalue weighted by Gasteiger charge is 2.21. The van der Waals surface area contributed by atoms with Crippen molar-refractivity contribution in [3.63, 3.8) is 0 Å². The average Bonchev–Trinajstić information content (AvgIpc) is 3.63. The lowest BCUT2D eigenvalue weighted by Gasteiger charge is -2.18. The molecule has 0 radical (unpaired) electrons. The number of thiophene rings is 1. The Morgan fingerprint density at radius 1 is 0.327 bits per heavy atom. The third kappa shape index (κ3) is 4.77. The van der Waals surface area contributed by atoms with Crippen LogP contribution in [0.5, 0.6) is 0 Å². The maximum atomic E-state index is 10.1. The molecule has 10 aromatic carbocycles. The van der Waals surface area contributed by atoms with Crippen molar-refractivity contribution >= 4 is 74.6 Å². The summed E-state index contributed by atoms with van der Waals surface area (Å²) >= 11 is 1.89. The minimum atomic E-state index is 0.683. The van der Waals surface area contributed by atoms with Crippen LogP contribution in [-0.2, 0) is 0 Å². The molecule has 0 aliphatic carbocycles. The standard InChI is InChI=1S/C53H31NS/c54-32-35-17-4-5-18-36(35)51-41-23-10-8-21-39(41)50(40-22-9-11-24-42(40)51)34-29-30-48-47(31-34)45-27-14-28-46(53(45)55-48)52-43-25-12-6-19-37(43)49(33-15-2-1-3-16-33)38-20-7-13-26-44(38)52/h1-31H. The fraction of sp³-hybridized carbons (Fsp3) is 0. The number of hydrogen-bond acceptors (Lipinski definition) is 2. The SMILES string of the molecule is N#Cc1ccccc1-c1c2ccccc2c(-c2ccc3sc4c(-c5c6ccccc6c(-c6ccccc6)c6ccccc56)cccc4c3c2)c2ccccc12. The summed E-state index contributed by atoms with van der Waals surface area (Å²) < 4.78 is 2.57. The van der Waals surface area contributed by atoms with E-state index in [2.05, 4.69) is 176 Å². The molecule has 0 amide bonds. The third-order valence-electron chi connectivity index (χ3n) is 11.3. The molecule has 0 aliphatic rings. The van der Waals surface area contributed by atoms with Gasteiger partial charge in [-0.3, -0.25) is 0 Å². The van der Waals surface area contributed by atoms with E-state index in [1.54, 1.807) is 0 Å². The molecule has 0 atom stereocenters. The lowest BCUT2D eigenvalue weighted by atomic mass is 9.84. The van der Waals surface area contributed by atoms with Crippen molar-refractivity contribution in [3.8, 4) is 50.6 Å². The minimum Gasteiger partial charge on any atom is -0.192 e. The molecule has 1 heterocycles. The molecule has 0 aliphatic heterocycles. The fourth-order valence-corrected chi connectivity index (χ4v) is 10.2. The van der Waals surface area contributed by atoms with Gasteiger partial charge in [-0.1, -0.05) is 170 Å². The molecular formula is C53H31NS. The summed E-state index contributed by atoms with van der Waals surface area (Å²) in [7, 11) is 0. The molecule has 0 unspecified atom stereocenters. The number of benzene rings is 10. The van der Waals surface area contributed by atoms with Crippen molar-refractivity contribution in [2.45, 2.75) is 0 Å². The largest absolute Gasteiger partial charge is 0.192 e. The van der Waals surface area contributed by atoms with E-state index in [1.165, 1.54) is 85.9 Å². The van der Waals surface area contributed by atoms with Gasteiger partial charge in [-0.05, 0) is 94.7 Å². The number of fused-ring (bicyclic) bond motifs is 7. The molecule has 11 aromatic rings. The van der Waals surface area contributed by atoms with E-state index in [4.69, 9.17) is 0 Å². The Bertz CT molecular complexity index is 3270. The van der Waals surface area contributed by atoms with Gasteiger partial charge in [-0.15, -0.1) is 11.3 Å². The summed E-state index contributed by atoms with van der Waals surface area (Å²) in [4.78, 5) is 0. The molecule has 55 heavy (non-hydrogen) atoms. The molecule has 0 saturated heterocycles. The molecule has 11 rings (SSSR count). The smallest absolute Gasteiger partial charge is 0.0998 e. The Morgan fingerprint density at radius 3 is 1.33 bits per heavy atom. The van der Waals surface area contributed by atoms with Crippen LogP contribution in [0.25, 0.3) is 108 Å². The van der Waals surface area contributed by atoms with E-state index in [1.807, 2.05) is 29.5 Å². The van der Waals surface area contributed by atoms with Gasteiger partial charge in [0.25, 0.3) is 0 Å². The molecule has 2 heteroatoms. The molecule has 0 spiro atoms. The number of nitrogens with zero attached hydrogens (tertiary/aromatic N) is 1. The molecule has 1 aromatic heterocycles. The minimum absolute atomic E-state index is 0.683. The van der Waals surface area contributed by atoms with Gasteiger partial charge in [0.05, 0.1) is 11.6 Å². The van der Waals surface area contributed by atoms with Crippen molar-refractivity contribution in [2.24, 2.45) is 0 Å². The van der Waals surface area contributed by atoms with E-state index < -0.39 is 0 Å². The van der Waals surface area contributed by atoms with Crippen molar-refractivity contribution in [3.05, 3.63) is 194 Å². The van der Waals surface area contributed by atoms with Gasteiger partial charge >= 0.3 is 0 Å². The summed E-state index contributed by atoms with van der Waals surface area (Å²) in [5.74, 6) is 0. The van der Waals surface area contributed by atoms with Gasteiger partial charge in [0.1, 0.15) is 0 Å². The van der Waals surface area contributed by atoms with E-state index >= 15 is 0 Å². The van der Waals surface area contributed by atoms with Gasteiger partial charge in [0.15, 0.2) is 0 Å². The van der Waals surface area contributed by atoms with E-state index in [9.17, 15) is 5.26 Å². The number of nitriles is 1. The lowest BCUT2D eigenvalue weighted by Crippen LogP contribution is -1.92. The Hall–Kier alpha value is -7.05. The van der Waals surface area contributed by atoms with Crippen LogP contribution in [0, 0.1) is 11.3 Å². The molecular weight excluding hydrogens is 683 g/mol. The Kier molecular flexibility index (Phi) is 7.17. The van der Waals surface area contributed by atoms with Crippen molar-refractivity contribution in [2.75, 3.05) is 0 Å². The topological polar surface area (TPSA) is 23.8 Å². The normalized spacial score (nSPS) is 11.6. The van der Waals surface area contributed by atoms with Gasteiger partial charge in [-0.2, -0.15) is 5.26 Å². The summed E-state index contributed by atoms with van der Waals surface area (Å²) in [6, 6.07) is 70.3. The molecule has 0 N–H and O–H groups in total. The van der Waals surface area contributed by atoms with Crippen LogP contribution in [0.4, 0.5) is 0 Å². The highest BCUT2D eigenvalue weighted by atomic mass is 32.1. The fourth-order valence-electron chi connectivity index (χ4n) is 9.01. The second kappa shape index (κ2) is 12.5. The average molecular weight is 714 g/mol. The van der Waals surface area contributed by atoms with Gasteiger partial charge in [0, 0.05) is 31.3 Å². The summed E-state index contributed by atoms with van der Waals surface area (Å²) in [6.07, 6.45) is 0. The first-order valence-electron chi connectivity index (χ1n) is 18.7. The molecule has 0 fully saturated rings. The van der Waals surface area contributed by atoms with E-state index in [0.29, 0.717) is 5.56 Å². The first-order chi connectivity index (χ1) is 27.3. The summed E-state index contributed by atoms with van der Waals surface area (Å²) in [5, 5.41) is 22.4. The molecule has 254 valence electrons. The molecule has 1 nitrogen and oxygen atoms in total. The van der Waals surface area contributed by atoms with Crippen LogP contribution in [0.3, 0.4) is 0 Å². The van der Waals surface area contributed by atoms with Crippen LogP contribution in [-0.4, -0.2) is 0 Å². The van der Waals surface area contributed by atoms with Crippen molar-refractivity contribution in [1.29, 1.82) is 5.26 Å². The van der Waals surface area contributed by atoms with Crippen LogP contribution in [0.15, 0.2) is 188 Å². The Balaban J connectivity index is 1.18. The molecule has 0 saturated carbocycles. The zero-order valence-electron chi connectivity index (χ0n) is 29.8. The second-order valence-electron chi connectivity index (χ2n) is 14.2. The predicted molar refractivity (Wildman–Crippen MR) is 236 cm³/mol. The summed E-state index contributed by atoms with van der Waals surface area (Å²) in [5.41, 5.74) is 10.2. The van der Waals surface area contributed by atoms with E-state index in [0.717, 1.165) is 21.9 Å². The monoisotopic (exact) mass is 713 g/mol. The molecule has 0 bridgehead atoms. The third-order valence-corrected chi connectivity index (χ3v) is 12.5. The van der Waals surface area contributed by atoms with Crippen LogP contribution in [0.1, 0.15) is 5.56 Å². The summed E-state index contributed by atoms with van der Waals surface area (Å²) in [6.45, 7) is 0. The predicted octanol–water partition coefficient (Wildman–Crippen LogP) is 15.2. The zero-order valence-corrected chi connectivity index (χ0v) is 30.6. The lowest BCUT2D eigenvalue weighted by molar-refractivity contribution is 1.48. The highest BCUT2D eigenvalue weighted by Crippen LogP contribution is 2.49. The van der Waals surface area contributed by atoms with Crippen molar-refractivity contribution in [1.82, 2.24) is 0 Å². The maximum Gasteiger partial charge on any atom is 0.0998 e. The van der Waals surface area contributed by atoms with Gasteiger partial charge < -0.3 is 0 Å². The van der Waals surface area contributed by atoms with Gasteiger partial charge in [-0.25, -0.2) is 0 Å². The zero-order chi connectivity index (χ0) is 36.5. The highest BCUT2D eigenvalue weighted by molar-refractivity contribution is 7.26. The second-order valence-corrected chi connectivity index (χ2v) is 15.3. The van der Waals surface area contributed by atoms with Crippen LogP contribution >= 0.6 is 11.3 Å². The number of hydrogen-bond donors (Lipinski definition) is 0. The Morgan fingerprint density at radius 2 is 0.764 bits per heavy atom. The van der Waals surface area contributed by atoms with Crippen LogP contribution < -0.4 is 0 Å². The van der Waals surface area contributed by atoms with Crippen molar-refractivity contribution < 1.29 is 0 Å². The van der Waals surface area contributed by atoms with Gasteiger partial charge in [0.2, 0.25) is 0 Å².